The smallest absolute Gasteiger partial charge is 0.229 e. The Hall–Kier alpha value is -3.13. The second kappa shape index (κ2) is 6.40. The highest BCUT2D eigenvalue weighted by molar-refractivity contribution is 7.13. The van der Waals surface area contributed by atoms with E-state index in [1.54, 1.807) is 35.1 Å². The summed E-state index contributed by atoms with van der Waals surface area (Å²) in [7, 11) is 1.84. The zero-order valence-electron chi connectivity index (χ0n) is 13.2. The molecule has 0 radical (unpaired) electrons. The van der Waals surface area contributed by atoms with Crippen molar-refractivity contribution >= 4 is 23.1 Å². The van der Waals surface area contributed by atoms with E-state index in [4.69, 9.17) is 0 Å². The van der Waals surface area contributed by atoms with E-state index in [1.807, 2.05) is 24.7 Å². The Morgan fingerprint density at radius 1 is 1.08 bits per heavy atom. The molecule has 1 N–H and O–H groups in total. The molecule has 124 valence electrons. The number of thiazole rings is 1. The van der Waals surface area contributed by atoms with Crippen LogP contribution in [0, 0.1) is 5.82 Å². The number of hydrogen-bond donors (Lipinski definition) is 1. The van der Waals surface area contributed by atoms with Crippen LogP contribution in [0.5, 0.6) is 0 Å². The summed E-state index contributed by atoms with van der Waals surface area (Å²) in [6, 6.07) is 10.2. The first-order valence-electron chi connectivity index (χ1n) is 7.49. The topological polar surface area (TPSA) is 68.5 Å². The molecule has 3 heterocycles. The minimum absolute atomic E-state index is 0.292. The molecular formula is C17H13FN6S. The van der Waals surface area contributed by atoms with Gasteiger partial charge in [0.2, 0.25) is 5.95 Å². The Labute approximate surface area is 147 Å². The van der Waals surface area contributed by atoms with Gasteiger partial charge in [-0.2, -0.15) is 5.10 Å². The van der Waals surface area contributed by atoms with Gasteiger partial charge >= 0.3 is 0 Å². The van der Waals surface area contributed by atoms with E-state index in [9.17, 15) is 4.39 Å². The lowest BCUT2D eigenvalue weighted by atomic mass is 10.1. The first-order valence-corrected chi connectivity index (χ1v) is 8.37. The highest BCUT2D eigenvalue weighted by Gasteiger charge is 2.12. The van der Waals surface area contributed by atoms with E-state index in [-0.39, 0.29) is 5.82 Å². The largest absolute Gasteiger partial charge is 0.307 e. The predicted molar refractivity (Wildman–Crippen MR) is 95.0 cm³/mol. The van der Waals surface area contributed by atoms with E-state index in [0.29, 0.717) is 33.7 Å². The Balaban J connectivity index is 1.62. The number of hydrogen-bond acceptors (Lipinski definition) is 6. The highest BCUT2D eigenvalue weighted by atomic mass is 32.1. The molecule has 4 aromatic rings. The molecular weight excluding hydrogens is 339 g/mol. The Morgan fingerprint density at radius 2 is 1.96 bits per heavy atom. The van der Waals surface area contributed by atoms with Crippen molar-refractivity contribution in [1.29, 1.82) is 0 Å². The average molecular weight is 352 g/mol. The fourth-order valence-electron chi connectivity index (χ4n) is 2.32. The normalized spacial score (nSPS) is 10.8. The van der Waals surface area contributed by atoms with Crippen LogP contribution in [0.4, 0.5) is 16.2 Å². The first kappa shape index (κ1) is 15.4. The van der Waals surface area contributed by atoms with Gasteiger partial charge in [-0.15, -0.1) is 11.3 Å². The van der Waals surface area contributed by atoms with Crippen molar-refractivity contribution in [3.05, 3.63) is 60.0 Å². The van der Waals surface area contributed by atoms with Gasteiger partial charge in [0, 0.05) is 36.5 Å². The van der Waals surface area contributed by atoms with Crippen molar-refractivity contribution in [1.82, 2.24) is 24.7 Å². The Kier molecular flexibility index (Phi) is 3.95. The van der Waals surface area contributed by atoms with Crippen LogP contribution in [-0.2, 0) is 7.05 Å². The van der Waals surface area contributed by atoms with Gasteiger partial charge in [0.15, 0.2) is 5.82 Å². The summed E-state index contributed by atoms with van der Waals surface area (Å²) in [5.41, 5.74) is 1.74. The number of aromatic nitrogens is 5. The highest BCUT2D eigenvalue weighted by Crippen LogP contribution is 2.29. The molecule has 6 nitrogen and oxygen atoms in total. The third-order valence-corrected chi connectivity index (χ3v) is 4.35. The van der Waals surface area contributed by atoms with Gasteiger partial charge in [0.1, 0.15) is 16.5 Å². The van der Waals surface area contributed by atoms with Crippen molar-refractivity contribution in [2.24, 2.45) is 7.05 Å². The molecule has 1 aromatic carbocycles. The molecule has 0 spiro atoms. The van der Waals surface area contributed by atoms with Gasteiger partial charge in [-0.05, 0) is 18.2 Å². The van der Waals surface area contributed by atoms with Crippen molar-refractivity contribution in [3.63, 3.8) is 0 Å². The third kappa shape index (κ3) is 3.24. The fourth-order valence-corrected chi connectivity index (χ4v) is 3.11. The maximum atomic E-state index is 13.9. The Morgan fingerprint density at radius 3 is 2.76 bits per heavy atom. The number of nitrogens with zero attached hydrogens (tertiary/aromatic N) is 5. The van der Waals surface area contributed by atoms with Crippen LogP contribution in [0.3, 0.4) is 0 Å². The summed E-state index contributed by atoms with van der Waals surface area (Å²) < 4.78 is 15.6. The lowest BCUT2D eigenvalue weighted by Crippen LogP contribution is -1.99. The monoisotopic (exact) mass is 352 g/mol. The molecule has 0 aliphatic rings. The third-order valence-electron chi connectivity index (χ3n) is 3.48. The van der Waals surface area contributed by atoms with Crippen LogP contribution < -0.4 is 5.32 Å². The lowest BCUT2D eigenvalue weighted by Gasteiger charge is -2.02. The molecule has 4 rings (SSSR count). The van der Waals surface area contributed by atoms with Gasteiger partial charge in [-0.1, -0.05) is 12.1 Å². The number of benzene rings is 1. The number of rotatable bonds is 4. The van der Waals surface area contributed by atoms with Gasteiger partial charge in [0.05, 0.1) is 5.69 Å². The lowest BCUT2D eigenvalue weighted by molar-refractivity contribution is 0.631. The molecule has 0 atom stereocenters. The average Bonchev–Trinajstić information content (AvgIpc) is 3.25. The zero-order valence-corrected chi connectivity index (χ0v) is 14.0. The van der Waals surface area contributed by atoms with Crippen LogP contribution in [0.15, 0.2) is 54.2 Å². The standard InChI is InChI=1S/C17H13FN6S/c1-24-9-7-15(23-24)22-17-19-8-6-13(21-17)16-20-14(10-25-16)11-4-2-3-5-12(11)18/h2-10H,1H3,(H,19,21,22,23). The predicted octanol–water partition coefficient (Wildman–Crippen LogP) is 3.88. The summed E-state index contributed by atoms with van der Waals surface area (Å²) >= 11 is 1.41. The van der Waals surface area contributed by atoms with Crippen LogP contribution in [0.25, 0.3) is 22.0 Å². The van der Waals surface area contributed by atoms with E-state index in [0.717, 1.165) is 0 Å². The SMILES string of the molecule is Cn1ccc(Nc2nccc(-c3nc(-c4ccccc4F)cs3)n2)n1. The number of nitrogens with one attached hydrogen (secondary N) is 1. The van der Waals surface area contributed by atoms with Crippen LogP contribution in [0.1, 0.15) is 0 Å². The minimum Gasteiger partial charge on any atom is -0.307 e. The summed E-state index contributed by atoms with van der Waals surface area (Å²) in [5.74, 6) is 0.796. The maximum Gasteiger partial charge on any atom is 0.229 e. The van der Waals surface area contributed by atoms with Crippen molar-refractivity contribution < 1.29 is 4.39 Å². The molecule has 25 heavy (non-hydrogen) atoms. The van der Waals surface area contributed by atoms with Crippen LogP contribution in [0.2, 0.25) is 0 Å². The van der Waals surface area contributed by atoms with Gasteiger partial charge in [0.25, 0.3) is 0 Å². The van der Waals surface area contributed by atoms with E-state index in [1.165, 1.54) is 17.4 Å². The summed E-state index contributed by atoms with van der Waals surface area (Å²) in [6.45, 7) is 0. The molecule has 0 bridgehead atoms. The molecule has 8 heteroatoms. The second-order valence-electron chi connectivity index (χ2n) is 5.28. The summed E-state index contributed by atoms with van der Waals surface area (Å²) in [4.78, 5) is 13.2. The van der Waals surface area contributed by atoms with Gasteiger partial charge in [-0.3, -0.25) is 4.68 Å². The Bertz CT molecular complexity index is 1030. The molecule has 0 unspecified atom stereocenters. The molecule has 0 saturated carbocycles. The van der Waals surface area contributed by atoms with Crippen molar-refractivity contribution in [3.8, 4) is 22.0 Å². The van der Waals surface area contributed by atoms with Crippen molar-refractivity contribution in [2.75, 3.05) is 5.32 Å². The van der Waals surface area contributed by atoms with E-state index < -0.39 is 0 Å². The molecule has 0 aliphatic heterocycles. The quantitative estimate of drug-likeness (QED) is 0.604. The molecule has 0 fully saturated rings. The minimum atomic E-state index is -0.292. The van der Waals surface area contributed by atoms with Gasteiger partial charge in [-0.25, -0.2) is 19.3 Å². The molecule has 0 saturated heterocycles. The van der Waals surface area contributed by atoms with E-state index >= 15 is 0 Å². The zero-order chi connectivity index (χ0) is 17.2. The van der Waals surface area contributed by atoms with Gasteiger partial charge < -0.3 is 5.32 Å². The number of anilines is 2. The second-order valence-corrected chi connectivity index (χ2v) is 6.14. The maximum absolute atomic E-state index is 13.9. The number of halogens is 1. The first-order chi connectivity index (χ1) is 12.2. The molecule has 0 aliphatic carbocycles. The molecule has 3 aromatic heterocycles. The molecule has 0 amide bonds. The van der Waals surface area contributed by atoms with Crippen LogP contribution in [-0.4, -0.2) is 24.7 Å². The fraction of sp³-hybridized carbons (Fsp3) is 0.0588. The van der Waals surface area contributed by atoms with Crippen LogP contribution >= 0.6 is 11.3 Å². The van der Waals surface area contributed by atoms with Crippen molar-refractivity contribution in [2.45, 2.75) is 0 Å². The summed E-state index contributed by atoms with van der Waals surface area (Å²) in [5, 5.41) is 9.80. The summed E-state index contributed by atoms with van der Waals surface area (Å²) in [6.07, 6.45) is 3.48. The van der Waals surface area contributed by atoms with E-state index in [2.05, 4.69) is 25.4 Å². The number of aryl methyl sites for hydroxylation is 1.